The molecule has 0 aliphatic carbocycles. The molecular weight excluding hydrogens is 1150 g/mol. The summed E-state index contributed by atoms with van der Waals surface area (Å²) < 4.78 is 446. The Bertz CT molecular complexity index is 3740. The van der Waals surface area contributed by atoms with Crippen LogP contribution in [0, 0.1) is 184 Å². The van der Waals surface area contributed by atoms with Gasteiger partial charge in [-0.25, -0.2) is 123 Å². The Balaban J connectivity index is 0.000000740. The highest BCUT2D eigenvalue weighted by molar-refractivity contribution is 7.23. The molecule has 0 aromatic heterocycles. The molecular formula is C49H14BF28N. The van der Waals surface area contributed by atoms with E-state index >= 15 is 105 Å². The first-order valence-electron chi connectivity index (χ1n) is 21.0. The van der Waals surface area contributed by atoms with Crippen LogP contribution >= 0.6 is 0 Å². The van der Waals surface area contributed by atoms with Crippen LogP contribution < -0.4 is 27.6 Å². The third-order valence-electron chi connectivity index (χ3n) is 13.1. The minimum Gasteiger partial charge on any atom is -0.325 e. The number of quaternary nitrogens is 1. The van der Waals surface area contributed by atoms with Crippen molar-refractivity contribution in [2.75, 3.05) is 0 Å². The van der Waals surface area contributed by atoms with Gasteiger partial charge in [0.15, 0.2) is 140 Å². The first-order chi connectivity index (χ1) is 36.6. The van der Waals surface area contributed by atoms with Gasteiger partial charge in [-0.2, -0.15) is 0 Å². The molecule has 3 N–H and O–H groups in total. The summed E-state index contributed by atoms with van der Waals surface area (Å²) in [5.74, 6) is -104. The van der Waals surface area contributed by atoms with Crippen molar-refractivity contribution in [1.82, 2.24) is 0 Å². The van der Waals surface area contributed by atoms with Gasteiger partial charge in [0.25, 0.3) is 0 Å². The van der Waals surface area contributed by atoms with Crippen molar-refractivity contribution in [1.29, 1.82) is 0 Å². The van der Waals surface area contributed by atoms with E-state index in [2.05, 4.69) is 38.6 Å². The van der Waals surface area contributed by atoms with Crippen molar-refractivity contribution >= 4 is 76.8 Å². The summed E-state index contributed by atoms with van der Waals surface area (Å²) in [7, 11) is 0. The molecule has 1 nitrogen and oxygen atoms in total. The Kier molecular flexibility index (Phi) is 13.9. The highest BCUT2D eigenvalue weighted by Crippen LogP contribution is 2.42. The summed E-state index contributed by atoms with van der Waals surface area (Å²) in [4.78, 5) is 0. The molecule has 414 valence electrons. The molecule has 9 aromatic carbocycles. The van der Waals surface area contributed by atoms with E-state index in [1.807, 2.05) is 0 Å². The van der Waals surface area contributed by atoms with E-state index in [0.29, 0.717) is 0 Å². The molecule has 0 radical (unpaired) electrons. The van der Waals surface area contributed by atoms with E-state index in [0.717, 1.165) is 0 Å². The SMILES string of the molecule is Cc1cc(C)c([NH3+])c(C)c1.Fc1c(F)c(F)c2c([B-](c3c(F)c(F)c(F)c4c(F)c(F)c(F)c(F)c34)(c3c(F)c(F)c(F)c4c(F)c(F)c(F)c(F)c34)c3c(F)c(F)c(F)c4c(F)c(F)c(F)c(F)c34)c(F)c(F)c(F)c2c1F. The maximum absolute atomic E-state index is 17.3. The predicted molar refractivity (Wildman–Crippen MR) is 222 cm³/mol. The maximum atomic E-state index is 17.3. The molecule has 0 unspecified atom stereocenters. The number of rotatable bonds is 4. The predicted octanol–water partition coefficient (Wildman–Crippen LogP) is 13.1. The lowest BCUT2D eigenvalue weighted by Gasteiger charge is -2.47. The fourth-order valence-electron chi connectivity index (χ4n) is 9.80. The highest BCUT2D eigenvalue weighted by Gasteiger charge is 2.52. The molecule has 0 saturated carbocycles. The van der Waals surface area contributed by atoms with Crippen LogP contribution in [0.25, 0.3) is 43.1 Å². The third-order valence-corrected chi connectivity index (χ3v) is 13.1. The van der Waals surface area contributed by atoms with Gasteiger partial charge in [0.1, 0.15) is 35.1 Å². The zero-order chi connectivity index (χ0) is 59.3. The fourth-order valence-corrected chi connectivity index (χ4v) is 9.80. The largest absolute Gasteiger partial charge is 0.325 e. The fraction of sp³-hybridized carbons (Fsp3) is 0.0612. The van der Waals surface area contributed by atoms with Crippen molar-refractivity contribution in [3.05, 3.63) is 192 Å². The summed E-state index contributed by atoms with van der Waals surface area (Å²) >= 11 is 0. The second kappa shape index (κ2) is 19.2. The Labute approximate surface area is 417 Å². The van der Waals surface area contributed by atoms with Crippen LogP contribution in [0.2, 0.25) is 0 Å². The number of fused-ring (bicyclic) bond motifs is 4. The molecule has 0 amide bonds. The van der Waals surface area contributed by atoms with Gasteiger partial charge in [0, 0.05) is 11.1 Å². The van der Waals surface area contributed by atoms with Crippen molar-refractivity contribution < 1.29 is 129 Å². The molecule has 0 aliphatic rings. The third kappa shape index (κ3) is 7.50. The number of halogens is 28. The summed E-state index contributed by atoms with van der Waals surface area (Å²) in [6.07, 6.45) is -8.05. The van der Waals surface area contributed by atoms with Crippen LogP contribution in [-0.4, -0.2) is 6.15 Å². The van der Waals surface area contributed by atoms with Gasteiger partial charge in [0.2, 0.25) is 0 Å². The normalized spacial score (nSPS) is 12.1. The number of aryl methyl sites for hydroxylation is 3. The second-order valence-corrected chi connectivity index (χ2v) is 17.2. The number of hydrogen-bond acceptors (Lipinski definition) is 0. The summed E-state index contributed by atoms with van der Waals surface area (Å²) in [5, 5.41) is -27.0. The number of benzene rings is 9. The van der Waals surface area contributed by atoms with Gasteiger partial charge in [-0.1, -0.05) is 17.7 Å². The average molecular weight is 1160 g/mol. The topological polar surface area (TPSA) is 27.6 Å². The Morgan fingerprint density at radius 1 is 0.215 bits per heavy atom. The van der Waals surface area contributed by atoms with Crippen molar-refractivity contribution in [3.63, 3.8) is 0 Å². The smallest absolute Gasteiger partial charge is 0.198 e. The highest BCUT2D eigenvalue weighted by atomic mass is 19.2. The van der Waals surface area contributed by atoms with Crippen molar-refractivity contribution in [3.8, 4) is 0 Å². The Hall–Kier alpha value is -7.92. The van der Waals surface area contributed by atoms with Crippen LogP contribution in [0.1, 0.15) is 16.7 Å². The first kappa shape index (κ1) is 57.3. The van der Waals surface area contributed by atoms with Gasteiger partial charge in [0.05, 0.1) is 21.5 Å². The zero-order valence-electron chi connectivity index (χ0n) is 38.0. The van der Waals surface area contributed by atoms with Gasteiger partial charge in [-0.05, 0) is 42.3 Å². The van der Waals surface area contributed by atoms with E-state index in [9.17, 15) is 17.6 Å². The maximum Gasteiger partial charge on any atom is 0.198 e. The minimum absolute atomic E-state index is 1.17. The van der Waals surface area contributed by atoms with E-state index in [-0.39, 0.29) is 0 Å². The molecule has 9 aromatic rings. The Morgan fingerprint density at radius 3 is 0.519 bits per heavy atom. The lowest BCUT2D eigenvalue weighted by Crippen LogP contribution is -2.79. The standard InChI is InChI=1S/C40BF28.C9H13N/c42-13-1-5(21(50)37(66)33(13)62)17(46)29(58)25(54)9(1)41(10-2-6(18(47)30(59)26(10)55)22(51)38(67)34(63)14(2)43,11-3-7(19(48)31(60)27(11)56)23(52)39(68)35(64)15(3)44)12-4-8(20(49)32(61)28(12)57)24(53)40(69)36(65)16(4)45;1-6-4-7(2)9(10)8(3)5-6/h;4-5H,10H2,1-3H3/q-1;/p+1. The van der Waals surface area contributed by atoms with Gasteiger partial charge < -0.3 is 5.73 Å². The van der Waals surface area contributed by atoms with Gasteiger partial charge in [-0.15, -0.1) is 21.9 Å². The van der Waals surface area contributed by atoms with Gasteiger partial charge in [-0.3, -0.25) is 0 Å². The van der Waals surface area contributed by atoms with Crippen LogP contribution in [0.4, 0.5) is 129 Å². The average Bonchev–Trinajstić information content (AvgIpc) is 1.65. The van der Waals surface area contributed by atoms with E-state index in [1.165, 1.54) is 22.4 Å². The molecule has 0 heterocycles. The van der Waals surface area contributed by atoms with Crippen LogP contribution in [0.15, 0.2) is 12.1 Å². The zero-order valence-corrected chi connectivity index (χ0v) is 38.0. The first-order valence-corrected chi connectivity index (χ1v) is 21.0. The van der Waals surface area contributed by atoms with Crippen LogP contribution in [0.3, 0.4) is 0 Å². The molecule has 0 atom stereocenters. The molecule has 0 spiro atoms. The summed E-state index contributed by atoms with van der Waals surface area (Å²) in [6.45, 7) is 6.31. The van der Waals surface area contributed by atoms with Crippen LogP contribution in [-0.2, 0) is 0 Å². The van der Waals surface area contributed by atoms with E-state index < -0.39 is 234 Å². The molecule has 0 saturated heterocycles. The summed E-state index contributed by atoms with van der Waals surface area (Å²) in [6, 6.07) is 4.32. The lowest BCUT2D eigenvalue weighted by atomic mass is 9.11. The van der Waals surface area contributed by atoms with E-state index in [4.69, 9.17) is 0 Å². The Morgan fingerprint density at radius 2 is 0.354 bits per heavy atom. The summed E-state index contributed by atoms with van der Waals surface area (Å²) in [5.41, 5.74) is -6.46. The second-order valence-electron chi connectivity index (χ2n) is 17.2. The molecule has 30 heteroatoms. The van der Waals surface area contributed by atoms with Gasteiger partial charge >= 0.3 is 0 Å². The quantitative estimate of drug-likeness (QED) is 0.0787. The minimum atomic E-state index is -8.05. The van der Waals surface area contributed by atoms with Crippen LogP contribution in [0.5, 0.6) is 0 Å². The van der Waals surface area contributed by atoms with E-state index in [1.54, 1.807) is 0 Å². The van der Waals surface area contributed by atoms with Crippen molar-refractivity contribution in [2.45, 2.75) is 20.8 Å². The molecule has 0 aliphatic heterocycles. The molecule has 9 rings (SSSR count). The monoisotopic (exact) mass is 1160 g/mol. The molecule has 0 bridgehead atoms. The lowest BCUT2D eigenvalue weighted by molar-refractivity contribution is -0.256. The molecule has 0 fully saturated rings. The van der Waals surface area contributed by atoms with Crippen molar-refractivity contribution in [2.24, 2.45) is 0 Å². The molecule has 79 heavy (non-hydrogen) atoms. The number of hydrogen-bond donors (Lipinski definition) is 1.